The zero-order valence-electron chi connectivity index (χ0n) is 9.65. The molecule has 0 bridgehead atoms. The third-order valence-electron chi connectivity index (χ3n) is 2.14. The second kappa shape index (κ2) is 6.40. The lowest BCUT2D eigenvalue weighted by Gasteiger charge is -2.19. The maximum absolute atomic E-state index is 11.4. The number of rotatable bonds is 5. The summed E-state index contributed by atoms with van der Waals surface area (Å²) >= 11 is 0. The Morgan fingerprint density at radius 1 is 1.27 bits per heavy atom. The second-order valence-corrected chi connectivity index (χ2v) is 3.53. The smallest absolute Gasteiger partial charge is 0.326 e. The molecule has 0 aromatic carbocycles. The van der Waals surface area contributed by atoms with Crippen LogP contribution in [0.5, 0.6) is 0 Å². The summed E-state index contributed by atoms with van der Waals surface area (Å²) in [5.74, 6) is -0.993. The third kappa shape index (κ3) is 5.37. The minimum absolute atomic E-state index is 0.0435. The van der Waals surface area contributed by atoms with Crippen LogP contribution in [0.3, 0.4) is 0 Å². The highest BCUT2D eigenvalue weighted by atomic mass is 16.7. The summed E-state index contributed by atoms with van der Waals surface area (Å²) in [6.07, 6.45) is -0.0943. The number of hydrogen-bond donors (Lipinski definition) is 1. The molecule has 0 fully saturated rings. The molecule has 88 valence electrons. The first-order chi connectivity index (χ1) is 6.88. The molecular weight excluding hydrogens is 198 g/mol. The monoisotopic (exact) mass is 217 g/mol. The van der Waals surface area contributed by atoms with Crippen molar-refractivity contribution in [1.29, 1.82) is 0 Å². The number of ether oxygens (including phenoxy) is 2. The van der Waals surface area contributed by atoms with E-state index in [1.54, 1.807) is 0 Å². The lowest BCUT2D eigenvalue weighted by atomic mass is 10.0. The summed E-state index contributed by atoms with van der Waals surface area (Å²) < 4.78 is 9.49. The van der Waals surface area contributed by atoms with Gasteiger partial charge in [-0.1, -0.05) is 20.3 Å². The minimum Gasteiger partial charge on any atom is -0.426 e. The number of esters is 2. The number of hydrogen-bond acceptors (Lipinski definition) is 5. The fourth-order valence-corrected chi connectivity index (χ4v) is 0.986. The summed E-state index contributed by atoms with van der Waals surface area (Å²) in [6.45, 7) is 6.53. The molecule has 0 aliphatic heterocycles. The number of nitrogens with two attached hydrogens (primary N) is 1. The van der Waals surface area contributed by atoms with Gasteiger partial charge in [0.1, 0.15) is 6.04 Å². The van der Waals surface area contributed by atoms with Gasteiger partial charge in [0.25, 0.3) is 0 Å². The van der Waals surface area contributed by atoms with Gasteiger partial charge in [0.2, 0.25) is 6.29 Å². The first-order valence-corrected chi connectivity index (χ1v) is 5.01. The maximum atomic E-state index is 11.4. The highest BCUT2D eigenvalue weighted by molar-refractivity contribution is 5.76. The van der Waals surface area contributed by atoms with Gasteiger partial charge in [0.05, 0.1) is 0 Å². The average Bonchev–Trinajstić information content (AvgIpc) is 2.13. The molecule has 5 nitrogen and oxygen atoms in total. The Kier molecular flexibility index (Phi) is 5.93. The van der Waals surface area contributed by atoms with Gasteiger partial charge < -0.3 is 15.2 Å². The van der Waals surface area contributed by atoms with Crippen molar-refractivity contribution >= 4 is 11.9 Å². The van der Waals surface area contributed by atoms with E-state index in [0.29, 0.717) is 0 Å². The fourth-order valence-electron chi connectivity index (χ4n) is 0.986. The normalized spacial score (nSPS) is 16.3. The molecule has 0 radical (unpaired) electrons. The van der Waals surface area contributed by atoms with Crippen molar-refractivity contribution in [2.45, 2.75) is 46.4 Å². The quantitative estimate of drug-likeness (QED) is 0.544. The van der Waals surface area contributed by atoms with Gasteiger partial charge in [0.15, 0.2) is 0 Å². The van der Waals surface area contributed by atoms with E-state index < -0.39 is 24.3 Å². The van der Waals surface area contributed by atoms with E-state index in [-0.39, 0.29) is 5.92 Å². The van der Waals surface area contributed by atoms with E-state index in [0.717, 1.165) is 6.42 Å². The Labute approximate surface area is 89.9 Å². The molecule has 3 atom stereocenters. The fraction of sp³-hybridized carbons (Fsp3) is 0.800. The van der Waals surface area contributed by atoms with E-state index in [1.165, 1.54) is 13.8 Å². The minimum atomic E-state index is -0.884. The van der Waals surface area contributed by atoms with Crippen molar-refractivity contribution in [2.24, 2.45) is 11.7 Å². The molecule has 0 aromatic heterocycles. The van der Waals surface area contributed by atoms with Gasteiger partial charge in [-0.05, 0) is 5.92 Å². The molecule has 0 rings (SSSR count). The highest BCUT2D eigenvalue weighted by Gasteiger charge is 2.23. The van der Waals surface area contributed by atoms with Crippen LogP contribution >= 0.6 is 0 Å². The van der Waals surface area contributed by atoms with Crippen LogP contribution in [0, 0.1) is 5.92 Å². The van der Waals surface area contributed by atoms with Gasteiger partial charge >= 0.3 is 11.9 Å². The van der Waals surface area contributed by atoms with Crippen molar-refractivity contribution in [3.63, 3.8) is 0 Å². The van der Waals surface area contributed by atoms with Crippen LogP contribution in [-0.4, -0.2) is 24.3 Å². The molecule has 0 aliphatic carbocycles. The molecule has 5 heteroatoms. The van der Waals surface area contributed by atoms with Gasteiger partial charge in [-0.15, -0.1) is 0 Å². The van der Waals surface area contributed by atoms with Crippen LogP contribution in [0.1, 0.15) is 34.1 Å². The lowest BCUT2D eigenvalue weighted by Crippen LogP contribution is -2.40. The summed E-state index contributed by atoms with van der Waals surface area (Å²) in [5, 5.41) is 0. The van der Waals surface area contributed by atoms with Crippen molar-refractivity contribution in [3.05, 3.63) is 0 Å². The lowest BCUT2D eigenvalue weighted by molar-refractivity contribution is -0.184. The number of carbonyl (C=O) groups excluding carboxylic acids is 2. The summed E-state index contributed by atoms with van der Waals surface area (Å²) in [6, 6.07) is -0.673. The summed E-state index contributed by atoms with van der Waals surface area (Å²) in [5.41, 5.74) is 5.64. The largest absolute Gasteiger partial charge is 0.426 e. The highest BCUT2D eigenvalue weighted by Crippen LogP contribution is 2.08. The molecule has 0 spiro atoms. The number of carbonyl (C=O) groups is 2. The zero-order valence-corrected chi connectivity index (χ0v) is 9.65. The van der Waals surface area contributed by atoms with Crippen LogP contribution in [0.25, 0.3) is 0 Å². The summed E-state index contributed by atoms with van der Waals surface area (Å²) in [4.78, 5) is 21.9. The summed E-state index contributed by atoms with van der Waals surface area (Å²) in [7, 11) is 0. The molecule has 15 heavy (non-hydrogen) atoms. The van der Waals surface area contributed by atoms with Crippen LogP contribution < -0.4 is 5.73 Å². The van der Waals surface area contributed by atoms with Gasteiger partial charge in [0, 0.05) is 13.8 Å². The first kappa shape index (κ1) is 13.9. The van der Waals surface area contributed by atoms with Gasteiger partial charge in [-0.2, -0.15) is 0 Å². The Morgan fingerprint density at radius 3 is 2.20 bits per heavy atom. The van der Waals surface area contributed by atoms with E-state index in [1.807, 2.05) is 13.8 Å². The predicted octanol–water partition coefficient (Wildman–Crippen LogP) is 0.812. The Hall–Kier alpha value is -1.10. The Bertz CT molecular complexity index is 229. The van der Waals surface area contributed by atoms with Gasteiger partial charge in [-0.25, -0.2) is 0 Å². The van der Waals surface area contributed by atoms with Crippen LogP contribution in [0.2, 0.25) is 0 Å². The molecule has 0 aromatic rings. The van der Waals surface area contributed by atoms with Crippen LogP contribution in [0.15, 0.2) is 0 Å². The zero-order chi connectivity index (χ0) is 12.0. The predicted molar refractivity (Wildman–Crippen MR) is 54.8 cm³/mol. The molecular formula is C10H19NO4. The standard InChI is InChI=1S/C10H19NO4/c1-5-6(2)9(11)10(13)15-8(4)14-7(3)12/h6,8-9H,5,11H2,1-4H3/t6-,8+,9-/m0/s1. The second-order valence-electron chi connectivity index (χ2n) is 3.53. The molecule has 0 amide bonds. The molecule has 0 unspecified atom stereocenters. The average molecular weight is 217 g/mol. The SMILES string of the molecule is CC[C@H](C)[C@H](N)C(=O)O[C@H](C)OC(C)=O. The Morgan fingerprint density at radius 2 is 1.80 bits per heavy atom. The van der Waals surface area contributed by atoms with E-state index in [9.17, 15) is 9.59 Å². The van der Waals surface area contributed by atoms with E-state index in [4.69, 9.17) is 10.5 Å². The van der Waals surface area contributed by atoms with Crippen LogP contribution in [-0.2, 0) is 19.1 Å². The maximum Gasteiger partial charge on any atom is 0.326 e. The van der Waals surface area contributed by atoms with Crippen molar-refractivity contribution < 1.29 is 19.1 Å². The molecule has 0 heterocycles. The van der Waals surface area contributed by atoms with E-state index in [2.05, 4.69) is 4.74 Å². The Balaban J connectivity index is 4.06. The topological polar surface area (TPSA) is 78.6 Å². The van der Waals surface area contributed by atoms with Crippen molar-refractivity contribution in [1.82, 2.24) is 0 Å². The first-order valence-electron chi connectivity index (χ1n) is 5.01. The van der Waals surface area contributed by atoms with Gasteiger partial charge in [-0.3, -0.25) is 9.59 Å². The molecule has 0 saturated carbocycles. The van der Waals surface area contributed by atoms with Crippen LogP contribution in [0.4, 0.5) is 0 Å². The van der Waals surface area contributed by atoms with Crippen molar-refractivity contribution in [3.8, 4) is 0 Å². The van der Waals surface area contributed by atoms with Crippen molar-refractivity contribution in [2.75, 3.05) is 0 Å². The molecule has 0 saturated heterocycles. The molecule has 0 aliphatic rings. The molecule has 2 N–H and O–H groups in total. The van der Waals surface area contributed by atoms with E-state index >= 15 is 0 Å². The third-order valence-corrected chi connectivity index (χ3v) is 2.14.